The van der Waals surface area contributed by atoms with Gasteiger partial charge >= 0.3 is 0 Å². The first-order valence-corrected chi connectivity index (χ1v) is 10.0. The van der Waals surface area contributed by atoms with Gasteiger partial charge in [0.05, 0.1) is 5.92 Å². The second-order valence-corrected chi connectivity index (χ2v) is 7.45. The van der Waals surface area contributed by atoms with Crippen molar-refractivity contribution in [3.8, 4) is 0 Å². The number of aryl methyl sites for hydroxylation is 1. The lowest BCUT2D eigenvalue weighted by molar-refractivity contribution is -0.122. The van der Waals surface area contributed by atoms with Gasteiger partial charge in [-0.3, -0.25) is 14.6 Å². The van der Waals surface area contributed by atoms with E-state index in [1.54, 1.807) is 36.7 Å². The molecule has 1 aliphatic rings. The molecule has 0 saturated carbocycles. The predicted octanol–water partition coefficient (Wildman–Crippen LogP) is 3.18. The smallest absolute Gasteiger partial charge is 0.255 e. The van der Waals surface area contributed by atoms with Gasteiger partial charge in [-0.25, -0.2) is 0 Å². The van der Waals surface area contributed by atoms with Crippen LogP contribution in [0.3, 0.4) is 0 Å². The van der Waals surface area contributed by atoms with E-state index in [1.807, 2.05) is 30.3 Å². The van der Waals surface area contributed by atoms with Crippen molar-refractivity contribution in [1.29, 1.82) is 0 Å². The monoisotopic (exact) mass is 400 g/mol. The summed E-state index contributed by atoms with van der Waals surface area (Å²) in [5.41, 5.74) is 10.7. The molecule has 2 amide bonds. The van der Waals surface area contributed by atoms with Crippen molar-refractivity contribution in [3.05, 3.63) is 95.3 Å². The summed E-state index contributed by atoms with van der Waals surface area (Å²) in [5.74, 6) is -0.286. The Hall–Kier alpha value is -3.51. The number of nitrogens with one attached hydrogen (secondary N) is 2. The van der Waals surface area contributed by atoms with Gasteiger partial charge in [0, 0.05) is 36.2 Å². The third-order valence-corrected chi connectivity index (χ3v) is 5.48. The summed E-state index contributed by atoms with van der Waals surface area (Å²) in [6, 6.07) is 18.3. The van der Waals surface area contributed by atoms with Crippen LogP contribution in [0.4, 0.5) is 5.69 Å². The first-order valence-electron chi connectivity index (χ1n) is 10.0. The zero-order valence-corrected chi connectivity index (χ0v) is 16.5. The lowest BCUT2D eigenvalue weighted by Gasteiger charge is -2.17. The quantitative estimate of drug-likeness (QED) is 0.592. The molecular formula is C24H24N4O2. The van der Waals surface area contributed by atoms with E-state index in [4.69, 9.17) is 5.73 Å². The lowest BCUT2D eigenvalue weighted by Crippen LogP contribution is -2.34. The number of hydrogen-bond donors (Lipinski definition) is 3. The molecular weight excluding hydrogens is 376 g/mol. The Morgan fingerprint density at radius 2 is 1.77 bits per heavy atom. The second-order valence-electron chi connectivity index (χ2n) is 7.45. The maximum absolute atomic E-state index is 12.6. The molecule has 0 radical (unpaired) electrons. The van der Waals surface area contributed by atoms with Crippen molar-refractivity contribution in [2.24, 2.45) is 5.73 Å². The molecule has 1 heterocycles. The van der Waals surface area contributed by atoms with Crippen molar-refractivity contribution in [1.82, 2.24) is 10.3 Å². The first kappa shape index (κ1) is 19.8. The molecule has 2 aromatic carbocycles. The van der Waals surface area contributed by atoms with Crippen molar-refractivity contribution in [2.45, 2.75) is 24.8 Å². The number of benzene rings is 2. The number of fused-ring (bicyclic) bond motifs is 1. The largest absolute Gasteiger partial charge is 0.354 e. The van der Waals surface area contributed by atoms with Gasteiger partial charge in [-0.05, 0) is 53.8 Å². The maximum Gasteiger partial charge on any atom is 0.255 e. The summed E-state index contributed by atoms with van der Waals surface area (Å²) in [4.78, 5) is 28.9. The Balaban J connectivity index is 1.32. The van der Waals surface area contributed by atoms with Gasteiger partial charge in [-0.2, -0.15) is 0 Å². The highest BCUT2D eigenvalue weighted by atomic mass is 16.2. The number of carbonyl (C=O) groups is 2. The van der Waals surface area contributed by atoms with E-state index < -0.39 is 0 Å². The van der Waals surface area contributed by atoms with Gasteiger partial charge < -0.3 is 16.4 Å². The van der Waals surface area contributed by atoms with Crippen molar-refractivity contribution in [2.75, 3.05) is 11.9 Å². The normalized spacial score (nSPS) is 15.8. The fourth-order valence-corrected chi connectivity index (χ4v) is 3.80. The van der Waals surface area contributed by atoms with Crippen LogP contribution in [0.5, 0.6) is 0 Å². The van der Waals surface area contributed by atoms with E-state index in [1.165, 1.54) is 5.56 Å². The van der Waals surface area contributed by atoms with Crippen LogP contribution in [-0.4, -0.2) is 23.3 Å². The minimum absolute atomic E-state index is 0.0174. The molecule has 30 heavy (non-hydrogen) atoms. The minimum atomic E-state index is -0.345. The number of pyridine rings is 1. The zero-order valence-electron chi connectivity index (χ0n) is 16.5. The molecule has 0 saturated heterocycles. The van der Waals surface area contributed by atoms with E-state index in [-0.39, 0.29) is 23.8 Å². The summed E-state index contributed by atoms with van der Waals surface area (Å²) >= 11 is 0. The number of rotatable bonds is 6. The van der Waals surface area contributed by atoms with Gasteiger partial charge in [0.2, 0.25) is 5.91 Å². The van der Waals surface area contributed by atoms with E-state index in [9.17, 15) is 9.59 Å². The molecule has 1 aliphatic carbocycles. The molecule has 0 aliphatic heterocycles. The SMILES string of the molecule is N[C@H](CNC(=O)[C@@H]1CCc2ccccc21)c1ccc(C(=O)Nc2ccncc2)cc1. The predicted molar refractivity (Wildman–Crippen MR) is 116 cm³/mol. The fourth-order valence-electron chi connectivity index (χ4n) is 3.80. The average Bonchev–Trinajstić information content (AvgIpc) is 3.22. The molecule has 3 aromatic rings. The molecule has 1 aromatic heterocycles. The van der Waals surface area contributed by atoms with Crippen LogP contribution in [0.15, 0.2) is 73.1 Å². The summed E-state index contributed by atoms with van der Waals surface area (Å²) < 4.78 is 0. The third-order valence-electron chi connectivity index (χ3n) is 5.48. The molecule has 152 valence electrons. The molecule has 6 heteroatoms. The van der Waals surface area contributed by atoms with Crippen LogP contribution in [0.2, 0.25) is 0 Å². The van der Waals surface area contributed by atoms with E-state index in [0.717, 1.165) is 24.0 Å². The molecule has 4 rings (SSSR count). The Bertz CT molecular complexity index is 1030. The Morgan fingerprint density at radius 1 is 1.03 bits per heavy atom. The topological polar surface area (TPSA) is 97.1 Å². The van der Waals surface area contributed by atoms with E-state index in [2.05, 4.69) is 21.7 Å². The van der Waals surface area contributed by atoms with Gasteiger partial charge in [0.25, 0.3) is 5.91 Å². The number of nitrogens with two attached hydrogens (primary N) is 1. The Kier molecular flexibility index (Phi) is 5.86. The van der Waals surface area contributed by atoms with E-state index in [0.29, 0.717) is 17.8 Å². The fraction of sp³-hybridized carbons (Fsp3) is 0.208. The van der Waals surface area contributed by atoms with Crippen LogP contribution < -0.4 is 16.4 Å². The molecule has 4 N–H and O–H groups in total. The summed E-state index contributed by atoms with van der Waals surface area (Å²) in [7, 11) is 0. The molecule has 2 atom stereocenters. The van der Waals surface area contributed by atoms with Gasteiger partial charge in [0.1, 0.15) is 0 Å². The highest BCUT2D eigenvalue weighted by Crippen LogP contribution is 2.32. The van der Waals surface area contributed by atoms with Crippen LogP contribution in [0.25, 0.3) is 0 Å². The standard InChI is InChI=1S/C24H24N4O2/c25-22(15-27-24(30)21-10-9-16-3-1-2-4-20(16)21)17-5-7-18(8-6-17)23(29)28-19-11-13-26-14-12-19/h1-8,11-14,21-22H,9-10,15,25H2,(H,27,30)(H,26,28,29)/t21-,22-/m1/s1. The van der Waals surface area contributed by atoms with Crippen LogP contribution in [0.1, 0.15) is 45.4 Å². The number of amides is 2. The summed E-state index contributed by atoms with van der Waals surface area (Å²) in [6.45, 7) is 0.347. The number of nitrogens with zero attached hydrogens (tertiary/aromatic N) is 1. The highest BCUT2D eigenvalue weighted by Gasteiger charge is 2.28. The number of aromatic nitrogens is 1. The number of hydrogen-bond acceptors (Lipinski definition) is 4. The zero-order chi connectivity index (χ0) is 20.9. The second kappa shape index (κ2) is 8.88. The number of carbonyl (C=O) groups excluding carboxylic acids is 2. The van der Waals surface area contributed by atoms with Crippen molar-refractivity contribution in [3.63, 3.8) is 0 Å². The maximum atomic E-state index is 12.6. The van der Waals surface area contributed by atoms with Crippen LogP contribution in [0, 0.1) is 0 Å². The van der Waals surface area contributed by atoms with Gasteiger partial charge in [-0.15, -0.1) is 0 Å². The number of anilines is 1. The van der Waals surface area contributed by atoms with Crippen molar-refractivity contribution < 1.29 is 9.59 Å². The van der Waals surface area contributed by atoms with Crippen LogP contribution in [-0.2, 0) is 11.2 Å². The third kappa shape index (κ3) is 4.39. The van der Waals surface area contributed by atoms with Crippen molar-refractivity contribution >= 4 is 17.5 Å². The summed E-state index contributed by atoms with van der Waals surface area (Å²) in [6.07, 6.45) is 5.01. The minimum Gasteiger partial charge on any atom is -0.354 e. The van der Waals surface area contributed by atoms with Gasteiger partial charge in [-0.1, -0.05) is 36.4 Å². The van der Waals surface area contributed by atoms with E-state index >= 15 is 0 Å². The lowest BCUT2D eigenvalue weighted by atomic mass is 10.00. The van der Waals surface area contributed by atoms with Crippen LogP contribution >= 0.6 is 0 Å². The molecule has 0 fully saturated rings. The first-order chi connectivity index (χ1) is 14.6. The van der Waals surface area contributed by atoms with Gasteiger partial charge in [0.15, 0.2) is 0 Å². The highest BCUT2D eigenvalue weighted by molar-refractivity contribution is 6.04. The molecule has 0 bridgehead atoms. The molecule has 0 unspecified atom stereocenters. The summed E-state index contributed by atoms with van der Waals surface area (Å²) in [5, 5.41) is 5.80. The Labute approximate surface area is 175 Å². The average molecular weight is 400 g/mol. The molecule has 6 nitrogen and oxygen atoms in total. The Morgan fingerprint density at radius 3 is 2.53 bits per heavy atom. The molecule has 0 spiro atoms.